The summed E-state index contributed by atoms with van der Waals surface area (Å²) in [6.07, 6.45) is 0. The Morgan fingerprint density at radius 3 is 1.19 bits per heavy atom. The molecule has 0 atom stereocenters. The molecule has 8 heteroatoms. The first kappa shape index (κ1) is 33.1. The molecular weight excluding hydrogens is 639 g/mol. The van der Waals surface area contributed by atoms with Crippen LogP contribution in [0.1, 0.15) is 0 Å². The minimum atomic E-state index is 1.27. The Bertz CT molecular complexity index is 3230. The summed E-state index contributed by atoms with van der Waals surface area (Å²) in [6.45, 7) is 0. The van der Waals surface area contributed by atoms with Crippen molar-refractivity contribution >= 4 is 182 Å². The molecule has 10 aromatic rings. The highest BCUT2D eigenvalue weighted by Crippen LogP contribution is 2.47. The SMILES string of the molecule is Bc1c(B)c(B)c2c(-c3cc4c5ccccc5c5ccccc5c4c4ccccc34)c3c(B)c(B)c(B)c(B)c3c(-c3ccc4ccccc4c3)c2c1B. The number of benzene rings is 10. The highest BCUT2D eigenvalue weighted by atomic mass is 14.3. The number of hydrogen-bond acceptors (Lipinski definition) is 0. The van der Waals surface area contributed by atoms with Crippen molar-refractivity contribution in [3.63, 3.8) is 0 Å². The van der Waals surface area contributed by atoms with Crippen molar-refractivity contribution in [3.05, 3.63) is 121 Å². The van der Waals surface area contributed by atoms with E-state index in [1.54, 1.807) is 0 Å². The molecule has 0 aromatic heterocycles. The molecule has 0 saturated heterocycles. The first-order valence-corrected chi connectivity index (χ1v) is 19.4. The van der Waals surface area contributed by atoms with Gasteiger partial charge in [0.15, 0.2) is 0 Å². The van der Waals surface area contributed by atoms with Gasteiger partial charge in [-0.25, -0.2) is 0 Å². The fourth-order valence-electron chi connectivity index (χ4n) is 10.0. The highest BCUT2D eigenvalue weighted by Gasteiger charge is 2.26. The molecule has 10 rings (SSSR count). The molecule has 0 saturated carbocycles. The van der Waals surface area contributed by atoms with Gasteiger partial charge < -0.3 is 0 Å². The zero-order chi connectivity index (χ0) is 37.2. The van der Waals surface area contributed by atoms with Crippen LogP contribution in [-0.4, -0.2) is 62.8 Å². The first-order chi connectivity index (χ1) is 26.2. The second-order valence-corrected chi connectivity index (χ2v) is 15.8. The third kappa shape index (κ3) is 4.43. The normalized spacial score (nSPS) is 11.9. The Balaban J connectivity index is 1.53. The Hall–Kier alpha value is -5.46. The van der Waals surface area contributed by atoms with Crippen LogP contribution >= 0.6 is 0 Å². The molecule has 0 spiro atoms. The van der Waals surface area contributed by atoms with E-state index in [0.717, 1.165) is 0 Å². The maximum Gasteiger partial charge on any atom is 0.139 e. The molecule has 10 aromatic carbocycles. The zero-order valence-electron chi connectivity index (χ0n) is 32.5. The summed E-state index contributed by atoms with van der Waals surface area (Å²) < 4.78 is 0. The zero-order valence-corrected chi connectivity index (χ0v) is 32.5. The Morgan fingerprint density at radius 2 is 0.648 bits per heavy atom. The fraction of sp³-hybridized carbons (Fsp3) is 0. The minimum absolute atomic E-state index is 1.27. The van der Waals surface area contributed by atoms with Crippen LogP contribution in [0.15, 0.2) is 121 Å². The molecule has 0 aliphatic heterocycles. The van der Waals surface area contributed by atoms with Crippen LogP contribution in [-0.2, 0) is 0 Å². The molecule has 0 heterocycles. The van der Waals surface area contributed by atoms with Crippen molar-refractivity contribution in [1.82, 2.24) is 0 Å². The van der Waals surface area contributed by atoms with Crippen molar-refractivity contribution in [2.75, 3.05) is 0 Å². The number of fused-ring (bicyclic) bond motifs is 11. The van der Waals surface area contributed by atoms with Crippen LogP contribution in [0.2, 0.25) is 0 Å². The third-order valence-corrected chi connectivity index (χ3v) is 13.4. The van der Waals surface area contributed by atoms with Crippen molar-refractivity contribution in [3.8, 4) is 22.3 Å². The van der Waals surface area contributed by atoms with E-state index >= 15 is 0 Å². The Morgan fingerprint density at radius 1 is 0.259 bits per heavy atom. The van der Waals surface area contributed by atoms with Gasteiger partial charge in [-0.3, -0.25) is 0 Å². The molecule has 0 N–H and O–H groups in total. The van der Waals surface area contributed by atoms with Gasteiger partial charge in [-0.2, -0.15) is 0 Å². The molecule has 0 aliphatic carbocycles. The summed E-state index contributed by atoms with van der Waals surface area (Å²) in [7, 11) is 18.8. The smallest absolute Gasteiger partial charge is 0.101 e. The number of hydrogen-bond donors (Lipinski definition) is 0. The van der Waals surface area contributed by atoms with Gasteiger partial charge in [-0.1, -0.05) is 131 Å². The van der Waals surface area contributed by atoms with E-state index in [1.165, 1.54) is 141 Å². The quantitative estimate of drug-likeness (QED) is 0.128. The monoisotopic (exact) mass is 676 g/mol. The summed E-state index contributed by atoms with van der Waals surface area (Å²) in [4.78, 5) is 0. The molecule has 244 valence electrons. The topological polar surface area (TPSA) is 0 Å². The summed E-state index contributed by atoms with van der Waals surface area (Å²) >= 11 is 0. The highest BCUT2D eigenvalue weighted by molar-refractivity contribution is 6.71. The van der Waals surface area contributed by atoms with Crippen molar-refractivity contribution in [1.29, 1.82) is 0 Å². The van der Waals surface area contributed by atoms with Gasteiger partial charge in [-0.15, -0.1) is 21.9 Å². The molecule has 0 bridgehead atoms. The van der Waals surface area contributed by atoms with Crippen LogP contribution in [0.25, 0.3) is 97.7 Å². The number of rotatable bonds is 2. The lowest BCUT2D eigenvalue weighted by Crippen LogP contribution is -2.50. The van der Waals surface area contributed by atoms with Crippen LogP contribution in [0.4, 0.5) is 0 Å². The second-order valence-electron chi connectivity index (χ2n) is 15.8. The standard InChI is InChI=1S/C46H36B8/c47-39-35-32(23-18-17-21-9-1-2-10-22(21)19-23)36-38(42(50)46(54)44(52)40(36)48)34(37(35)41(49)45(53)43(39)51)31-20-30-26-13-4-3-11-24(26)25-12-5-7-15-28(25)33(30)29-16-8-6-14-27(29)31/h1-20H,47-54H2. The lowest BCUT2D eigenvalue weighted by Gasteiger charge is -2.29. The van der Waals surface area contributed by atoms with Gasteiger partial charge in [-0.05, 0) is 110 Å². The summed E-state index contributed by atoms with van der Waals surface area (Å²) in [5, 5.41) is 18.6. The van der Waals surface area contributed by atoms with Gasteiger partial charge in [0.25, 0.3) is 0 Å². The van der Waals surface area contributed by atoms with Gasteiger partial charge >= 0.3 is 0 Å². The fourth-order valence-corrected chi connectivity index (χ4v) is 10.0. The van der Waals surface area contributed by atoms with Crippen LogP contribution in [0, 0.1) is 0 Å². The summed E-state index contributed by atoms with van der Waals surface area (Å²) in [5.41, 5.74) is 16.3. The van der Waals surface area contributed by atoms with E-state index in [2.05, 4.69) is 184 Å². The molecule has 0 nitrogen and oxygen atoms in total. The van der Waals surface area contributed by atoms with Crippen LogP contribution in [0.5, 0.6) is 0 Å². The Labute approximate surface area is 324 Å². The molecule has 0 amide bonds. The van der Waals surface area contributed by atoms with E-state index in [9.17, 15) is 0 Å². The predicted molar refractivity (Wildman–Crippen MR) is 265 cm³/mol. The molecule has 0 radical (unpaired) electrons. The van der Waals surface area contributed by atoms with Gasteiger partial charge in [0.05, 0.1) is 0 Å². The molecule has 54 heavy (non-hydrogen) atoms. The van der Waals surface area contributed by atoms with Gasteiger partial charge in [0.1, 0.15) is 62.8 Å². The average molecular weight is 675 g/mol. The second kappa shape index (κ2) is 12.0. The molecular formula is C46H36B8. The van der Waals surface area contributed by atoms with E-state index < -0.39 is 0 Å². The lowest BCUT2D eigenvalue weighted by atomic mass is 9.59. The minimum Gasteiger partial charge on any atom is -0.101 e. The van der Waals surface area contributed by atoms with E-state index in [1.807, 2.05) is 0 Å². The maximum atomic E-state index is 2.56. The molecule has 0 fully saturated rings. The first-order valence-electron chi connectivity index (χ1n) is 19.4. The van der Waals surface area contributed by atoms with Crippen molar-refractivity contribution in [2.45, 2.75) is 0 Å². The lowest BCUT2D eigenvalue weighted by molar-refractivity contribution is 1.73. The summed E-state index contributed by atoms with van der Waals surface area (Å²) in [6, 6.07) is 45.6. The van der Waals surface area contributed by atoms with Gasteiger partial charge in [0, 0.05) is 0 Å². The summed E-state index contributed by atoms with van der Waals surface area (Å²) in [5.74, 6) is 0. The Kier molecular flexibility index (Phi) is 7.38. The third-order valence-electron chi connectivity index (χ3n) is 13.4. The van der Waals surface area contributed by atoms with Crippen LogP contribution in [0.3, 0.4) is 0 Å². The van der Waals surface area contributed by atoms with E-state index in [4.69, 9.17) is 0 Å². The molecule has 0 aliphatic rings. The van der Waals surface area contributed by atoms with Gasteiger partial charge in [0.2, 0.25) is 0 Å². The van der Waals surface area contributed by atoms with E-state index in [0.29, 0.717) is 0 Å². The van der Waals surface area contributed by atoms with Crippen molar-refractivity contribution in [2.24, 2.45) is 0 Å². The predicted octanol–water partition coefficient (Wildman–Crippen LogP) is -0.840. The van der Waals surface area contributed by atoms with Crippen LogP contribution < -0.4 is 43.7 Å². The van der Waals surface area contributed by atoms with Crippen molar-refractivity contribution < 1.29 is 0 Å². The largest absolute Gasteiger partial charge is 0.139 e. The maximum absolute atomic E-state index is 2.56. The average Bonchev–Trinajstić information content (AvgIpc) is 3.21. The molecule has 0 unspecified atom stereocenters. The van der Waals surface area contributed by atoms with E-state index in [-0.39, 0.29) is 0 Å².